The first-order valence-corrected chi connectivity index (χ1v) is 4.60. The molecule has 0 aliphatic rings. The van der Waals surface area contributed by atoms with Crippen LogP contribution in [-0.4, -0.2) is 19.1 Å². The fourth-order valence-electron chi connectivity index (χ4n) is 1.12. The molecular formula is C12H13NO2. The van der Waals surface area contributed by atoms with Crippen molar-refractivity contribution >= 4 is 11.6 Å². The highest BCUT2D eigenvalue weighted by Gasteiger charge is 2.01. The Morgan fingerprint density at radius 1 is 1.60 bits per heavy atom. The molecule has 1 N–H and O–H groups in total. The van der Waals surface area contributed by atoms with Crippen LogP contribution in [-0.2, 0) is 9.53 Å². The van der Waals surface area contributed by atoms with Crippen molar-refractivity contribution in [3.63, 3.8) is 0 Å². The number of nitrogens with one attached hydrogen (secondary N) is 1. The average molecular weight is 203 g/mol. The fourth-order valence-corrected chi connectivity index (χ4v) is 1.12. The van der Waals surface area contributed by atoms with Gasteiger partial charge in [-0.2, -0.15) is 0 Å². The quantitative estimate of drug-likeness (QED) is 0.596. The van der Waals surface area contributed by atoms with Crippen LogP contribution in [0.25, 0.3) is 0 Å². The molecule has 0 heterocycles. The van der Waals surface area contributed by atoms with Crippen molar-refractivity contribution in [3.8, 4) is 12.3 Å². The summed E-state index contributed by atoms with van der Waals surface area (Å²) < 4.78 is 4.90. The van der Waals surface area contributed by atoms with E-state index in [1.165, 1.54) is 0 Å². The van der Waals surface area contributed by atoms with Gasteiger partial charge in [0.05, 0.1) is 0 Å². The minimum atomic E-state index is -0.198. The van der Waals surface area contributed by atoms with E-state index < -0.39 is 0 Å². The maximum Gasteiger partial charge on any atom is 0.250 e. The van der Waals surface area contributed by atoms with Crippen LogP contribution in [0.3, 0.4) is 0 Å². The van der Waals surface area contributed by atoms with Gasteiger partial charge in [-0.3, -0.25) is 4.79 Å². The van der Waals surface area contributed by atoms with Gasteiger partial charge in [-0.15, -0.1) is 6.42 Å². The largest absolute Gasteiger partial charge is 0.359 e. The van der Waals surface area contributed by atoms with Gasteiger partial charge in [0.25, 0.3) is 0 Å². The zero-order valence-electron chi connectivity index (χ0n) is 8.62. The van der Waals surface area contributed by atoms with Crippen LogP contribution in [0.5, 0.6) is 0 Å². The molecule has 15 heavy (non-hydrogen) atoms. The highest BCUT2D eigenvalue weighted by Crippen LogP contribution is 2.08. The van der Waals surface area contributed by atoms with Crippen molar-refractivity contribution in [1.29, 1.82) is 0 Å². The molecule has 3 nitrogen and oxygen atoms in total. The van der Waals surface area contributed by atoms with Gasteiger partial charge in [-0.05, 0) is 24.6 Å². The smallest absolute Gasteiger partial charge is 0.250 e. The number of benzene rings is 1. The minimum Gasteiger partial charge on any atom is -0.359 e. The summed E-state index contributed by atoms with van der Waals surface area (Å²) in [6, 6.07) is 7.56. The molecule has 0 fully saturated rings. The van der Waals surface area contributed by atoms with Gasteiger partial charge < -0.3 is 10.1 Å². The zero-order valence-corrected chi connectivity index (χ0v) is 8.62. The maximum atomic E-state index is 11.3. The SMILES string of the molecule is C#CCOCC(=O)Nc1cccc(C)c1. The van der Waals surface area contributed by atoms with E-state index in [0.29, 0.717) is 0 Å². The first-order valence-electron chi connectivity index (χ1n) is 4.60. The predicted octanol–water partition coefficient (Wildman–Crippen LogP) is 1.58. The molecule has 0 radical (unpaired) electrons. The summed E-state index contributed by atoms with van der Waals surface area (Å²) in [5.74, 6) is 2.10. The van der Waals surface area contributed by atoms with Crippen molar-refractivity contribution in [1.82, 2.24) is 0 Å². The summed E-state index contributed by atoms with van der Waals surface area (Å²) in [6.07, 6.45) is 4.98. The lowest BCUT2D eigenvalue weighted by Gasteiger charge is -2.05. The van der Waals surface area contributed by atoms with E-state index in [1.807, 2.05) is 31.2 Å². The van der Waals surface area contributed by atoms with Crippen molar-refractivity contribution in [3.05, 3.63) is 29.8 Å². The zero-order chi connectivity index (χ0) is 11.1. The first kappa shape index (κ1) is 11.3. The number of amides is 1. The van der Waals surface area contributed by atoms with Crippen LogP contribution in [0.15, 0.2) is 24.3 Å². The van der Waals surface area contributed by atoms with Gasteiger partial charge in [-0.25, -0.2) is 0 Å². The highest BCUT2D eigenvalue weighted by molar-refractivity contribution is 5.91. The standard InChI is InChI=1S/C12H13NO2/c1-3-7-15-9-12(14)13-11-6-4-5-10(2)8-11/h1,4-6,8H,7,9H2,2H3,(H,13,14). The Kier molecular flexibility index (Phi) is 4.39. The average Bonchev–Trinajstić information content (AvgIpc) is 2.18. The molecule has 1 aromatic carbocycles. The molecule has 0 aliphatic heterocycles. The summed E-state index contributed by atoms with van der Waals surface area (Å²) in [4.78, 5) is 11.3. The Hall–Kier alpha value is -1.79. The molecule has 0 aliphatic carbocycles. The van der Waals surface area contributed by atoms with Crippen molar-refractivity contribution in [2.45, 2.75) is 6.92 Å². The van der Waals surface area contributed by atoms with Gasteiger partial charge in [0.1, 0.15) is 13.2 Å². The van der Waals surface area contributed by atoms with Crippen molar-refractivity contribution in [2.24, 2.45) is 0 Å². The van der Waals surface area contributed by atoms with E-state index in [2.05, 4.69) is 11.2 Å². The van der Waals surface area contributed by atoms with E-state index in [4.69, 9.17) is 11.2 Å². The number of rotatable bonds is 4. The molecular weight excluding hydrogens is 190 g/mol. The molecule has 78 valence electrons. The highest BCUT2D eigenvalue weighted by atomic mass is 16.5. The van der Waals surface area contributed by atoms with Gasteiger partial charge in [0.15, 0.2) is 0 Å². The predicted molar refractivity (Wildman–Crippen MR) is 59.5 cm³/mol. The second kappa shape index (κ2) is 5.84. The Labute approximate surface area is 89.4 Å². The molecule has 3 heteroatoms. The third-order valence-corrected chi connectivity index (χ3v) is 1.72. The molecule has 1 amide bonds. The molecule has 0 bridgehead atoms. The number of terminal acetylenes is 1. The summed E-state index contributed by atoms with van der Waals surface area (Å²) in [7, 11) is 0. The van der Waals surface area contributed by atoms with Gasteiger partial charge >= 0.3 is 0 Å². The van der Waals surface area contributed by atoms with Gasteiger partial charge in [0.2, 0.25) is 5.91 Å². The Morgan fingerprint density at radius 3 is 3.07 bits per heavy atom. The van der Waals surface area contributed by atoms with Gasteiger partial charge in [0, 0.05) is 5.69 Å². The number of hydrogen-bond donors (Lipinski definition) is 1. The van der Waals surface area contributed by atoms with E-state index >= 15 is 0 Å². The first-order chi connectivity index (χ1) is 7.22. The van der Waals surface area contributed by atoms with Crippen molar-refractivity contribution in [2.75, 3.05) is 18.5 Å². The monoisotopic (exact) mass is 203 g/mol. The number of hydrogen-bond acceptors (Lipinski definition) is 2. The molecule has 0 aromatic heterocycles. The number of aryl methyl sites for hydroxylation is 1. The fraction of sp³-hybridized carbons (Fsp3) is 0.250. The Morgan fingerprint density at radius 2 is 2.40 bits per heavy atom. The molecule has 0 saturated heterocycles. The maximum absolute atomic E-state index is 11.3. The van der Waals surface area contributed by atoms with Crippen LogP contribution in [0.1, 0.15) is 5.56 Å². The number of carbonyl (C=O) groups is 1. The lowest BCUT2D eigenvalue weighted by molar-refractivity contribution is -0.120. The summed E-state index contributed by atoms with van der Waals surface area (Å²) in [5.41, 5.74) is 1.86. The lowest BCUT2D eigenvalue weighted by Crippen LogP contribution is -2.18. The second-order valence-electron chi connectivity index (χ2n) is 3.11. The summed E-state index contributed by atoms with van der Waals surface area (Å²) >= 11 is 0. The van der Waals surface area contributed by atoms with Gasteiger partial charge in [-0.1, -0.05) is 18.1 Å². The molecule has 1 aromatic rings. The Bertz CT molecular complexity index is 379. The normalized spacial score (nSPS) is 9.33. The third-order valence-electron chi connectivity index (χ3n) is 1.72. The molecule has 0 unspecified atom stereocenters. The number of ether oxygens (including phenoxy) is 1. The van der Waals surface area contributed by atoms with E-state index in [0.717, 1.165) is 11.3 Å². The van der Waals surface area contributed by atoms with E-state index in [1.54, 1.807) is 0 Å². The summed E-state index contributed by atoms with van der Waals surface area (Å²) in [5, 5.41) is 2.71. The van der Waals surface area contributed by atoms with Crippen LogP contribution >= 0.6 is 0 Å². The minimum absolute atomic E-state index is 0.0157. The molecule has 1 rings (SSSR count). The Balaban J connectivity index is 2.42. The summed E-state index contributed by atoms with van der Waals surface area (Å²) in [6.45, 7) is 2.10. The van der Waals surface area contributed by atoms with Crippen LogP contribution < -0.4 is 5.32 Å². The molecule has 0 spiro atoms. The van der Waals surface area contributed by atoms with Crippen molar-refractivity contribution < 1.29 is 9.53 Å². The van der Waals surface area contributed by atoms with Crippen LogP contribution in [0.2, 0.25) is 0 Å². The van der Waals surface area contributed by atoms with E-state index in [-0.39, 0.29) is 19.1 Å². The van der Waals surface area contributed by atoms with Crippen LogP contribution in [0, 0.1) is 19.3 Å². The second-order valence-corrected chi connectivity index (χ2v) is 3.11. The van der Waals surface area contributed by atoms with Crippen LogP contribution in [0.4, 0.5) is 5.69 Å². The number of anilines is 1. The third kappa shape index (κ3) is 4.30. The molecule has 0 atom stereocenters. The van der Waals surface area contributed by atoms with E-state index in [9.17, 15) is 4.79 Å². The lowest BCUT2D eigenvalue weighted by atomic mass is 10.2. The molecule has 0 saturated carbocycles. The topological polar surface area (TPSA) is 38.3 Å². The number of carbonyl (C=O) groups excluding carboxylic acids is 1.